The maximum Gasteiger partial charge on any atom is 0.241 e. The number of amides is 1. The highest BCUT2D eigenvalue weighted by molar-refractivity contribution is 5.94. The van der Waals surface area contributed by atoms with E-state index >= 15 is 0 Å². The van der Waals surface area contributed by atoms with Crippen molar-refractivity contribution in [1.29, 1.82) is 5.26 Å². The summed E-state index contributed by atoms with van der Waals surface area (Å²) in [4.78, 5) is 15.8. The number of likely N-dealkylation sites (N-methyl/N-ethyl adjacent to an activating group) is 1. The molecular weight excluding hydrogens is 352 g/mol. The largest absolute Gasteiger partial charge is 0.489 e. The molecule has 0 aliphatic carbocycles. The first-order chi connectivity index (χ1) is 13.0. The molecule has 2 aromatic rings. The molecule has 0 unspecified atom stereocenters. The summed E-state index contributed by atoms with van der Waals surface area (Å²) in [5.41, 5.74) is 0.535. The van der Waals surface area contributed by atoms with Gasteiger partial charge in [0.1, 0.15) is 12.4 Å². The first-order valence-corrected chi connectivity index (χ1v) is 8.50. The van der Waals surface area contributed by atoms with E-state index in [0.29, 0.717) is 12.2 Å². The van der Waals surface area contributed by atoms with Crippen molar-refractivity contribution < 1.29 is 18.3 Å². The van der Waals surface area contributed by atoms with Gasteiger partial charge in [0.25, 0.3) is 0 Å². The van der Waals surface area contributed by atoms with Crippen molar-refractivity contribution in [3.63, 3.8) is 0 Å². The van der Waals surface area contributed by atoms with Crippen molar-refractivity contribution in [3.05, 3.63) is 60.2 Å². The molecule has 0 heterocycles. The van der Waals surface area contributed by atoms with E-state index in [0.717, 1.165) is 0 Å². The lowest BCUT2D eigenvalue weighted by molar-refractivity contribution is -0.119. The number of rotatable bonds is 9. The standard InChI is InChI=1S/C20H21F2N3O2/c1-24(13-14-27-19-6-3-2-5-18(19)22)15-20(26)25(12-4-11-23)17-9-7-16(21)8-10-17/h2-3,5-10H,4,12-15H2,1H3. The summed E-state index contributed by atoms with van der Waals surface area (Å²) in [5, 5.41) is 8.81. The molecular formula is C20H21F2N3O2. The number of carbonyl (C=O) groups excluding carboxylic acids is 1. The fraction of sp³-hybridized carbons (Fsp3) is 0.300. The van der Waals surface area contributed by atoms with Gasteiger partial charge in [-0.25, -0.2) is 8.78 Å². The molecule has 0 N–H and O–H groups in total. The molecule has 0 fully saturated rings. The number of carbonyl (C=O) groups is 1. The molecule has 0 saturated carbocycles. The number of benzene rings is 2. The number of halogens is 2. The Kier molecular flexibility index (Phi) is 7.71. The first kappa shape index (κ1) is 20.3. The third-order valence-electron chi connectivity index (χ3n) is 3.86. The molecule has 1 amide bonds. The Morgan fingerprint density at radius 1 is 1.11 bits per heavy atom. The van der Waals surface area contributed by atoms with Gasteiger partial charge >= 0.3 is 0 Å². The Morgan fingerprint density at radius 3 is 2.48 bits per heavy atom. The minimum Gasteiger partial charge on any atom is -0.489 e. The van der Waals surface area contributed by atoms with Crippen LogP contribution in [0.5, 0.6) is 5.75 Å². The highest BCUT2D eigenvalue weighted by Crippen LogP contribution is 2.17. The van der Waals surface area contributed by atoms with Gasteiger partial charge in [-0.3, -0.25) is 9.69 Å². The zero-order valence-electron chi connectivity index (χ0n) is 15.1. The van der Waals surface area contributed by atoms with Crippen LogP contribution in [0.15, 0.2) is 48.5 Å². The quantitative estimate of drug-likeness (QED) is 0.677. The smallest absolute Gasteiger partial charge is 0.241 e. The third-order valence-corrected chi connectivity index (χ3v) is 3.86. The third kappa shape index (κ3) is 6.35. The van der Waals surface area contributed by atoms with E-state index in [2.05, 4.69) is 0 Å². The average molecular weight is 373 g/mol. The Labute approximate surface area is 157 Å². The van der Waals surface area contributed by atoms with E-state index in [4.69, 9.17) is 10.00 Å². The maximum atomic E-state index is 13.5. The second-order valence-corrected chi connectivity index (χ2v) is 5.95. The van der Waals surface area contributed by atoms with Crippen LogP contribution in [0.4, 0.5) is 14.5 Å². The monoisotopic (exact) mass is 373 g/mol. The van der Waals surface area contributed by atoms with E-state index < -0.39 is 11.6 Å². The van der Waals surface area contributed by atoms with Crippen LogP contribution in [0.2, 0.25) is 0 Å². The zero-order valence-corrected chi connectivity index (χ0v) is 15.1. The number of ether oxygens (including phenoxy) is 1. The molecule has 2 aromatic carbocycles. The second-order valence-electron chi connectivity index (χ2n) is 5.95. The van der Waals surface area contributed by atoms with Crippen LogP contribution >= 0.6 is 0 Å². The van der Waals surface area contributed by atoms with E-state index in [-0.39, 0.29) is 37.8 Å². The zero-order chi connectivity index (χ0) is 19.6. The number of hydrogen-bond donors (Lipinski definition) is 0. The summed E-state index contributed by atoms with van der Waals surface area (Å²) in [6.07, 6.45) is 0.170. The van der Waals surface area contributed by atoms with Crippen molar-refractivity contribution >= 4 is 11.6 Å². The Morgan fingerprint density at radius 2 is 1.81 bits per heavy atom. The van der Waals surface area contributed by atoms with Gasteiger partial charge in [-0.2, -0.15) is 5.26 Å². The van der Waals surface area contributed by atoms with Gasteiger partial charge in [-0.1, -0.05) is 12.1 Å². The number of hydrogen-bond acceptors (Lipinski definition) is 4. The summed E-state index contributed by atoms with van der Waals surface area (Å²) in [6.45, 7) is 0.943. The van der Waals surface area contributed by atoms with Gasteiger partial charge in [0.2, 0.25) is 5.91 Å². The number of nitrogens with zero attached hydrogens (tertiary/aromatic N) is 3. The van der Waals surface area contributed by atoms with Gasteiger partial charge in [0.05, 0.1) is 19.0 Å². The lowest BCUT2D eigenvalue weighted by atomic mass is 10.2. The lowest BCUT2D eigenvalue weighted by Gasteiger charge is -2.25. The van der Waals surface area contributed by atoms with Crippen LogP contribution in [-0.2, 0) is 4.79 Å². The van der Waals surface area contributed by atoms with Crippen molar-refractivity contribution in [2.24, 2.45) is 0 Å². The predicted molar refractivity (Wildman–Crippen MR) is 98.4 cm³/mol. The molecule has 7 heteroatoms. The Bertz CT molecular complexity index is 791. The van der Waals surface area contributed by atoms with Crippen LogP contribution in [0.1, 0.15) is 6.42 Å². The SMILES string of the molecule is CN(CCOc1ccccc1F)CC(=O)N(CCC#N)c1ccc(F)cc1. The van der Waals surface area contributed by atoms with Crippen molar-refractivity contribution in [1.82, 2.24) is 4.90 Å². The van der Waals surface area contributed by atoms with Gasteiger partial charge in [0, 0.05) is 18.8 Å². The minimum absolute atomic E-state index is 0.0867. The average Bonchev–Trinajstić information content (AvgIpc) is 2.65. The topological polar surface area (TPSA) is 56.6 Å². The number of para-hydroxylation sites is 1. The lowest BCUT2D eigenvalue weighted by Crippen LogP contribution is -2.40. The fourth-order valence-corrected chi connectivity index (χ4v) is 2.45. The molecule has 0 aromatic heterocycles. The van der Waals surface area contributed by atoms with Gasteiger partial charge in [-0.15, -0.1) is 0 Å². The molecule has 5 nitrogen and oxygen atoms in total. The number of anilines is 1. The summed E-state index contributed by atoms with van der Waals surface area (Å²) in [5.74, 6) is -0.881. The van der Waals surface area contributed by atoms with E-state index in [1.54, 1.807) is 30.1 Å². The molecule has 0 aliphatic rings. The molecule has 27 heavy (non-hydrogen) atoms. The van der Waals surface area contributed by atoms with Crippen LogP contribution in [0.3, 0.4) is 0 Å². The van der Waals surface area contributed by atoms with Crippen LogP contribution in [0.25, 0.3) is 0 Å². The minimum atomic E-state index is -0.435. The van der Waals surface area contributed by atoms with E-state index in [1.807, 2.05) is 6.07 Å². The summed E-state index contributed by atoms with van der Waals surface area (Å²) in [7, 11) is 1.75. The summed E-state index contributed by atoms with van der Waals surface area (Å²) < 4.78 is 32.0. The molecule has 142 valence electrons. The van der Waals surface area contributed by atoms with Crippen molar-refractivity contribution in [2.45, 2.75) is 6.42 Å². The first-order valence-electron chi connectivity index (χ1n) is 8.50. The predicted octanol–water partition coefficient (Wildman–Crippen LogP) is 3.22. The highest BCUT2D eigenvalue weighted by Gasteiger charge is 2.17. The highest BCUT2D eigenvalue weighted by atomic mass is 19.1. The molecule has 0 spiro atoms. The summed E-state index contributed by atoms with van der Waals surface area (Å²) in [6, 6.07) is 13.7. The fourth-order valence-electron chi connectivity index (χ4n) is 2.45. The van der Waals surface area contributed by atoms with E-state index in [9.17, 15) is 13.6 Å². The molecule has 0 atom stereocenters. The second kappa shape index (κ2) is 10.2. The van der Waals surface area contributed by atoms with Gasteiger partial charge < -0.3 is 9.64 Å². The number of nitriles is 1. The molecule has 0 radical (unpaired) electrons. The van der Waals surface area contributed by atoms with Crippen LogP contribution in [0, 0.1) is 23.0 Å². The maximum absolute atomic E-state index is 13.5. The van der Waals surface area contributed by atoms with Gasteiger partial charge in [0.15, 0.2) is 11.6 Å². The Balaban J connectivity index is 1.90. The molecule has 0 saturated heterocycles. The molecule has 0 aliphatic heterocycles. The van der Waals surface area contributed by atoms with Crippen LogP contribution in [-0.4, -0.2) is 44.1 Å². The normalized spacial score (nSPS) is 10.5. The summed E-state index contributed by atoms with van der Waals surface area (Å²) >= 11 is 0. The van der Waals surface area contributed by atoms with Crippen LogP contribution < -0.4 is 9.64 Å². The van der Waals surface area contributed by atoms with Crippen molar-refractivity contribution in [3.8, 4) is 11.8 Å². The van der Waals surface area contributed by atoms with Crippen molar-refractivity contribution in [2.75, 3.05) is 38.2 Å². The van der Waals surface area contributed by atoms with Gasteiger partial charge in [-0.05, 0) is 43.4 Å². The van der Waals surface area contributed by atoms with E-state index in [1.165, 1.54) is 35.2 Å². The molecule has 2 rings (SSSR count). The molecule has 0 bridgehead atoms. The Hall–Kier alpha value is -2.98.